The van der Waals surface area contributed by atoms with Gasteiger partial charge in [0.1, 0.15) is 9.77 Å². The number of aliphatic hydroxyl groups is 1. The Bertz CT molecular complexity index is 577. The number of carbonyl (C=O) groups is 1. The van der Waals surface area contributed by atoms with Crippen molar-refractivity contribution in [2.75, 3.05) is 13.2 Å². The molecule has 1 rings (SSSR count). The summed E-state index contributed by atoms with van der Waals surface area (Å²) < 4.78 is 26.6. The summed E-state index contributed by atoms with van der Waals surface area (Å²) in [6.45, 7) is 5.06. The fourth-order valence-electron chi connectivity index (χ4n) is 1.90. The first-order valence-electron chi connectivity index (χ1n) is 6.17. The lowest BCUT2D eigenvalue weighted by molar-refractivity contribution is 0.0698. The third-order valence-electron chi connectivity index (χ3n) is 2.79. The first-order valence-corrected chi connectivity index (χ1v) is 8.49. The van der Waals surface area contributed by atoms with Crippen LogP contribution >= 0.6 is 11.3 Å². The van der Waals surface area contributed by atoms with Crippen LogP contribution in [0.5, 0.6) is 0 Å². The van der Waals surface area contributed by atoms with E-state index in [-0.39, 0.29) is 29.0 Å². The van der Waals surface area contributed by atoms with E-state index >= 15 is 0 Å². The van der Waals surface area contributed by atoms with E-state index in [2.05, 4.69) is 0 Å². The number of nitrogens with zero attached hydrogens (tertiary/aromatic N) is 1. The largest absolute Gasteiger partial charge is 0.477 e. The number of carboxylic acids is 1. The lowest BCUT2D eigenvalue weighted by atomic mass is 10.3. The Morgan fingerprint density at radius 2 is 2.05 bits per heavy atom. The van der Waals surface area contributed by atoms with Gasteiger partial charge in [-0.05, 0) is 38.1 Å². The molecule has 0 radical (unpaired) electrons. The second-order valence-corrected chi connectivity index (χ2v) is 7.38. The molecule has 0 unspecified atom stereocenters. The predicted octanol–water partition coefficient (Wildman–Crippen LogP) is 1.54. The Hall–Kier alpha value is -0.960. The van der Waals surface area contributed by atoms with Crippen LogP contribution in [0.1, 0.15) is 35.5 Å². The van der Waals surface area contributed by atoms with Crippen LogP contribution in [-0.2, 0) is 10.0 Å². The molecule has 1 aromatic heterocycles. The Morgan fingerprint density at radius 3 is 2.50 bits per heavy atom. The van der Waals surface area contributed by atoms with Crippen LogP contribution in [0, 0.1) is 6.92 Å². The Balaban J connectivity index is 3.33. The molecule has 8 heteroatoms. The second-order valence-electron chi connectivity index (χ2n) is 4.67. The van der Waals surface area contributed by atoms with Gasteiger partial charge >= 0.3 is 5.97 Å². The number of hydrogen-bond acceptors (Lipinski definition) is 5. The number of hydrogen-bond donors (Lipinski definition) is 2. The highest BCUT2D eigenvalue weighted by atomic mass is 32.2. The predicted molar refractivity (Wildman–Crippen MR) is 76.7 cm³/mol. The molecule has 0 bridgehead atoms. The topological polar surface area (TPSA) is 94.9 Å². The quantitative estimate of drug-likeness (QED) is 0.794. The minimum atomic E-state index is -3.88. The Morgan fingerprint density at radius 1 is 1.45 bits per heavy atom. The van der Waals surface area contributed by atoms with Gasteiger partial charge in [0, 0.05) is 19.2 Å². The van der Waals surface area contributed by atoms with Crippen molar-refractivity contribution < 1.29 is 23.4 Å². The molecule has 0 aromatic carbocycles. The van der Waals surface area contributed by atoms with Crippen molar-refractivity contribution in [3.05, 3.63) is 15.8 Å². The summed E-state index contributed by atoms with van der Waals surface area (Å²) in [6.07, 6.45) is 0.309. The summed E-state index contributed by atoms with van der Waals surface area (Å²) in [6, 6.07) is -0.313. The molecule has 2 N–H and O–H groups in total. The minimum absolute atomic E-state index is 0.118. The maximum atomic E-state index is 12.7. The summed E-state index contributed by atoms with van der Waals surface area (Å²) in [4.78, 5) is 10.9. The second kappa shape index (κ2) is 6.66. The number of aromatic carboxylic acids is 1. The van der Waals surface area contributed by atoms with Crippen molar-refractivity contribution in [1.29, 1.82) is 0 Å². The van der Waals surface area contributed by atoms with Gasteiger partial charge in [0.2, 0.25) is 10.0 Å². The molecule has 0 aliphatic heterocycles. The van der Waals surface area contributed by atoms with Gasteiger partial charge < -0.3 is 10.2 Å². The van der Waals surface area contributed by atoms with Crippen LogP contribution in [0.2, 0.25) is 0 Å². The van der Waals surface area contributed by atoms with Gasteiger partial charge in [0.25, 0.3) is 0 Å². The monoisotopic (exact) mass is 321 g/mol. The number of rotatable bonds is 7. The Kier molecular flexibility index (Phi) is 5.69. The van der Waals surface area contributed by atoms with Gasteiger partial charge in [0.15, 0.2) is 0 Å². The highest BCUT2D eigenvalue weighted by Crippen LogP contribution is 2.30. The zero-order valence-electron chi connectivity index (χ0n) is 11.7. The van der Waals surface area contributed by atoms with Crippen molar-refractivity contribution in [3.63, 3.8) is 0 Å². The van der Waals surface area contributed by atoms with E-state index < -0.39 is 16.0 Å². The van der Waals surface area contributed by atoms with E-state index in [0.29, 0.717) is 12.0 Å². The molecule has 0 aliphatic rings. The molecule has 1 aromatic rings. The molecule has 6 nitrogen and oxygen atoms in total. The van der Waals surface area contributed by atoms with Gasteiger partial charge in [0.05, 0.1) is 0 Å². The standard InChI is InChI=1S/C12H19NO5S2/c1-8(2)13(5-4-6-14)20(17,18)11-9(3)7-19-10(11)12(15)16/h7-8,14H,4-6H2,1-3H3,(H,15,16). The molecule has 114 valence electrons. The fourth-order valence-corrected chi connectivity index (χ4v) is 5.16. The average Bonchev–Trinajstić information content (AvgIpc) is 2.71. The average molecular weight is 321 g/mol. The summed E-state index contributed by atoms with van der Waals surface area (Å²) in [5.74, 6) is -1.24. The van der Waals surface area contributed by atoms with Crippen molar-refractivity contribution in [3.8, 4) is 0 Å². The maximum absolute atomic E-state index is 12.7. The molecule has 1 heterocycles. The SMILES string of the molecule is Cc1csc(C(=O)O)c1S(=O)(=O)N(CCCO)C(C)C. The summed E-state index contributed by atoms with van der Waals surface area (Å²) in [7, 11) is -3.88. The molecule has 0 fully saturated rings. The normalized spacial score (nSPS) is 12.3. The zero-order chi connectivity index (χ0) is 15.5. The lowest BCUT2D eigenvalue weighted by Crippen LogP contribution is -2.38. The van der Waals surface area contributed by atoms with Crippen LogP contribution < -0.4 is 0 Å². The maximum Gasteiger partial charge on any atom is 0.347 e. The number of sulfonamides is 1. The molecule has 20 heavy (non-hydrogen) atoms. The van der Waals surface area contributed by atoms with Crippen LogP contribution in [-0.4, -0.2) is 48.1 Å². The van der Waals surface area contributed by atoms with E-state index in [9.17, 15) is 13.2 Å². The highest BCUT2D eigenvalue weighted by Gasteiger charge is 2.33. The number of thiophene rings is 1. The lowest BCUT2D eigenvalue weighted by Gasteiger charge is -2.26. The van der Waals surface area contributed by atoms with E-state index in [1.165, 1.54) is 9.69 Å². The molecular weight excluding hydrogens is 302 g/mol. The smallest absolute Gasteiger partial charge is 0.347 e. The van der Waals surface area contributed by atoms with Crippen LogP contribution in [0.3, 0.4) is 0 Å². The van der Waals surface area contributed by atoms with E-state index in [0.717, 1.165) is 11.3 Å². The van der Waals surface area contributed by atoms with Gasteiger partial charge in [-0.15, -0.1) is 11.3 Å². The molecule has 0 spiro atoms. The highest BCUT2D eigenvalue weighted by molar-refractivity contribution is 7.89. The summed E-state index contributed by atoms with van der Waals surface area (Å²) in [5.41, 5.74) is 0.432. The van der Waals surface area contributed by atoms with Crippen LogP contribution in [0.25, 0.3) is 0 Å². The van der Waals surface area contributed by atoms with E-state index in [1.54, 1.807) is 20.8 Å². The Labute approximate surface area is 122 Å². The van der Waals surface area contributed by atoms with Crippen molar-refractivity contribution in [2.24, 2.45) is 0 Å². The third-order valence-corrected chi connectivity index (χ3v) is 6.27. The molecular formula is C12H19NO5S2. The van der Waals surface area contributed by atoms with Crippen molar-refractivity contribution >= 4 is 27.3 Å². The molecule has 0 saturated heterocycles. The van der Waals surface area contributed by atoms with Crippen molar-refractivity contribution in [1.82, 2.24) is 4.31 Å². The summed E-state index contributed by atoms with van der Waals surface area (Å²) in [5, 5.41) is 19.5. The molecule has 0 atom stereocenters. The van der Waals surface area contributed by atoms with Crippen LogP contribution in [0.15, 0.2) is 10.3 Å². The number of aryl methyl sites for hydroxylation is 1. The minimum Gasteiger partial charge on any atom is -0.477 e. The zero-order valence-corrected chi connectivity index (χ0v) is 13.3. The van der Waals surface area contributed by atoms with Crippen LogP contribution in [0.4, 0.5) is 0 Å². The van der Waals surface area contributed by atoms with Gasteiger partial charge in [-0.25, -0.2) is 13.2 Å². The fraction of sp³-hybridized carbons (Fsp3) is 0.583. The van der Waals surface area contributed by atoms with E-state index in [1.807, 2.05) is 0 Å². The third kappa shape index (κ3) is 3.38. The first-order chi connectivity index (χ1) is 9.23. The summed E-state index contributed by atoms with van der Waals surface area (Å²) >= 11 is 0.909. The van der Waals surface area contributed by atoms with Gasteiger partial charge in [-0.1, -0.05) is 0 Å². The number of carboxylic acid groups (broad SMARTS) is 1. The molecule has 0 saturated carbocycles. The number of aliphatic hydroxyl groups excluding tert-OH is 1. The van der Waals surface area contributed by atoms with Crippen molar-refractivity contribution in [2.45, 2.75) is 38.1 Å². The van der Waals surface area contributed by atoms with E-state index in [4.69, 9.17) is 10.2 Å². The molecule has 0 amide bonds. The molecule has 0 aliphatic carbocycles. The first kappa shape index (κ1) is 17.1. The van der Waals surface area contributed by atoms with Gasteiger partial charge in [-0.3, -0.25) is 0 Å². The van der Waals surface area contributed by atoms with Gasteiger partial charge in [-0.2, -0.15) is 4.31 Å².